The Morgan fingerprint density at radius 1 is 1.22 bits per heavy atom. The molecule has 0 aliphatic heterocycles. The summed E-state index contributed by atoms with van der Waals surface area (Å²) in [5.41, 5.74) is 6.09. The first-order valence-corrected chi connectivity index (χ1v) is 8.34. The van der Waals surface area contributed by atoms with E-state index in [1.54, 1.807) is 12.1 Å². The molecule has 0 aromatic heterocycles. The number of hydrogen-bond acceptors (Lipinski definition) is 3. The van der Waals surface area contributed by atoms with Crippen LogP contribution in [0.3, 0.4) is 0 Å². The third-order valence-electron chi connectivity index (χ3n) is 3.17. The fraction of sp³-hybridized carbons (Fsp3) is 0.500. The van der Waals surface area contributed by atoms with Gasteiger partial charge >= 0.3 is 0 Å². The van der Waals surface area contributed by atoms with Crippen LogP contribution in [0.5, 0.6) is 0 Å². The molecule has 0 heterocycles. The predicted molar refractivity (Wildman–Crippen MR) is 75.7 cm³/mol. The predicted octanol–water partition coefficient (Wildman–Crippen LogP) is 2.64. The normalized spacial score (nSPS) is 17.8. The summed E-state index contributed by atoms with van der Waals surface area (Å²) in [6.07, 6.45) is 5.20. The van der Waals surface area contributed by atoms with Crippen molar-refractivity contribution >= 4 is 31.6 Å². The minimum atomic E-state index is -3.49. The maximum Gasteiger partial charge on any atom is 0.242 e. The minimum absolute atomic E-state index is 0.0529. The molecule has 6 heteroatoms. The number of sulfonamides is 1. The fourth-order valence-corrected chi connectivity index (χ4v) is 4.53. The fourth-order valence-electron chi connectivity index (χ4n) is 2.23. The summed E-state index contributed by atoms with van der Waals surface area (Å²) in [6, 6.07) is 4.86. The second-order valence-corrected chi connectivity index (χ2v) is 7.18. The Bertz CT molecular complexity index is 525. The molecule has 0 unspecified atom stereocenters. The topological polar surface area (TPSA) is 72.2 Å². The monoisotopic (exact) mass is 332 g/mol. The molecule has 3 N–H and O–H groups in total. The summed E-state index contributed by atoms with van der Waals surface area (Å²) in [4.78, 5) is 0.216. The third-order valence-corrected chi connectivity index (χ3v) is 5.69. The second-order valence-electron chi connectivity index (χ2n) is 4.65. The van der Waals surface area contributed by atoms with E-state index in [1.807, 2.05) is 0 Å². The SMILES string of the molecule is Nc1ccc(Br)c(S(=O)(=O)NC2CCCCC2)c1. The molecule has 100 valence electrons. The molecule has 2 rings (SSSR count). The van der Waals surface area contributed by atoms with Gasteiger partial charge in [0.1, 0.15) is 0 Å². The van der Waals surface area contributed by atoms with Crippen LogP contribution in [0.25, 0.3) is 0 Å². The quantitative estimate of drug-likeness (QED) is 0.836. The minimum Gasteiger partial charge on any atom is -0.399 e. The van der Waals surface area contributed by atoms with E-state index in [1.165, 1.54) is 12.5 Å². The van der Waals surface area contributed by atoms with Crippen LogP contribution in [-0.2, 0) is 10.0 Å². The number of nitrogens with two attached hydrogens (primary N) is 1. The standard InChI is InChI=1S/C12H17BrN2O2S/c13-11-7-6-9(14)8-12(11)18(16,17)15-10-4-2-1-3-5-10/h6-8,10,15H,1-5,14H2. The summed E-state index contributed by atoms with van der Waals surface area (Å²) < 4.78 is 27.9. The Morgan fingerprint density at radius 3 is 2.56 bits per heavy atom. The lowest BCUT2D eigenvalue weighted by Crippen LogP contribution is -2.36. The van der Waals surface area contributed by atoms with Crippen molar-refractivity contribution in [3.8, 4) is 0 Å². The van der Waals surface area contributed by atoms with Gasteiger partial charge in [-0.3, -0.25) is 0 Å². The molecule has 0 amide bonds. The zero-order valence-electron chi connectivity index (χ0n) is 10.0. The average Bonchev–Trinajstić information content (AvgIpc) is 2.33. The van der Waals surface area contributed by atoms with Crippen LogP contribution in [0.4, 0.5) is 5.69 Å². The first kappa shape index (κ1) is 13.8. The Labute approximate surface area is 116 Å². The van der Waals surface area contributed by atoms with Gasteiger partial charge in [0, 0.05) is 16.2 Å². The Hall–Kier alpha value is -0.590. The summed E-state index contributed by atoms with van der Waals surface area (Å²) in [7, 11) is -3.49. The molecule has 0 atom stereocenters. The summed E-state index contributed by atoms with van der Waals surface area (Å²) >= 11 is 3.26. The van der Waals surface area contributed by atoms with Crippen molar-refractivity contribution in [1.82, 2.24) is 4.72 Å². The summed E-state index contributed by atoms with van der Waals surface area (Å²) in [5.74, 6) is 0. The molecule has 0 radical (unpaired) electrons. The van der Waals surface area contributed by atoms with Gasteiger partial charge in [0.15, 0.2) is 0 Å². The van der Waals surface area contributed by atoms with Crippen molar-refractivity contribution in [1.29, 1.82) is 0 Å². The molecule has 4 nitrogen and oxygen atoms in total. The maximum absolute atomic E-state index is 12.3. The van der Waals surface area contributed by atoms with Gasteiger partial charge in [-0.05, 0) is 47.0 Å². The third kappa shape index (κ3) is 3.24. The van der Waals surface area contributed by atoms with Crippen LogP contribution in [0, 0.1) is 0 Å². The van der Waals surface area contributed by atoms with E-state index >= 15 is 0 Å². The largest absolute Gasteiger partial charge is 0.399 e. The summed E-state index contributed by atoms with van der Waals surface area (Å²) in [6.45, 7) is 0. The highest BCUT2D eigenvalue weighted by atomic mass is 79.9. The Kier molecular flexibility index (Phi) is 4.29. The van der Waals surface area contributed by atoms with Crippen molar-refractivity contribution in [2.75, 3.05) is 5.73 Å². The number of benzene rings is 1. The number of anilines is 1. The van der Waals surface area contributed by atoms with Crippen LogP contribution in [-0.4, -0.2) is 14.5 Å². The van der Waals surface area contributed by atoms with E-state index in [9.17, 15) is 8.42 Å². The molecule has 0 bridgehead atoms. The second kappa shape index (κ2) is 5.59. The zero-order valence-corrected chi connectivity index (χ0v) is 12.4. The van der Waals surface area contributed by atoms with Gasteiger partial charge in [0.2, 0.25) is 10.0 Å². The first-order valence-electron chi connectivity index (χ1n) is 6.06. The van der Waals surface area contributed by atoms with Crippen molar-refractivity contribution in [2.24, 2.45) is 0 Å². The molecule has 1 saturated carbocycles. The number of rotatable bonds is 3. The zero-order chi connectivity index (χ0) is 13.2. The molecule has 1 aromatic rings. The highest BCUT2D eigenvalue weighted by Gasteiger charge is 2.23. The van der Waals surface area contributed by atoms with Gasteiger partial charge in [0.05, 0.1) is 4.90 Å². The van der Waals surface area contributed by atoms with Crippen molar-refractivity contribution in [3.63, 3.8) is 0 Å². The maximum atomic E-state index is 12.3. The molecule has 1 aromatic carbocycles. The van der Waals surface area contributed by atoms with Gasteiger partial charge in [0.25, 0.3) is 0 Å². The van der Waals surface area contributed by atoms with Crippen molar-refractivity contribution < 1.29 is 8.42 Å². The van der Waals surface area contributed by atoms with E-state index in [0.717, 1.165) is 25.7 Å². The van der Waals surface area contributed by atoms with Crippen LogP contribution < -0.4 is 10.5 Å². The van der Waals surface area contributed by atoms with Crippen LogP contribution in [0.1, 0.15) is 32.1 Å². The molecule has 18 heavy (non-hydrogen) atoms. The lowest BCUT2D eigenvalue weighted by atomic mass is 9.96. The van der Waals surface area contributed by atoms with Gasteiger partial charge in [-0.15, -0.1) is 0 Å². The summed E-state index contributed by atoms with van der Waals surface area (Å²) in [5, 5.41) is 0. The van der Waals surface area contributed by atoms with Crippen LogP contribution in [0.15, 0.2) is 27.6 Å². The van der Waals surface area contributed by atoms with Crippen LogP contribution in [0.2, 0.25) is 0 Å². The van der Waals surface area contributed by atoms with Gasteiger partial charge in [-0.25, -0.2) is 13.1 Å². The van der Waals surface area contributed by atoms with E-state index in [0.29, 0.717) is 10.2 Å². The number of nitrogens with one attached hydrogen (secondary N) is 1. The highest BCUT2D eigenvalue weighted by molar-refractivity contribution is 9.10. The lowest BCUT2D eigenvalue weighted by Gasteiger charge is -2.22. The van der Waals surface area contributed by atoms with Gasteiger partial charge in [-0.1, -0.05) is 19.3 Å². The smallest absolute Gasteiger partial charge is 0.242 e. The highest BCUT2D eigenvalue weighted by Crippen LogP contribution is 2.26. The number of halogens is 1. The number of nitrogen functional groups attached to an aromatic ring is 1. The molecular weight excluding hydrogens is 316 g/mol. The molecule has 0 saturated heterocycles. The first-order chi connectivity index (χ1) is 8.49. The molecule has 1 aliphatic carbocycles. The number of hydrogen-bond donors (Lipinski definition) is 2. The molecular formula is C12H17BrN2O2S. The van der Waals surface area contributed by atoms with E-state index < -0.39 is 10.0 Å². The van der Waals surface area contributed by atoms with E-state index in [-0.39, 0.29) is 10.9 Å². The van der Waals surface area contributed by atoms with Crippen molar-refractivity contribution in [2.45, 2.75) is 43.0 Å². The average molecular weight is 333 g/mol. The molecule has 1 aliphatic rings. The Morgan fingerprint density at radius 2 is 1.89 bits per heavy atom. The molecule has 0 spiro atoms. The van der Waals surface area contributed by atoms with Gasteiger partial charge in [-0.2, -0.15) is 0 Å². The van der Waals surface area contributed by atoms with Crippen molar-refractivity contribution in [3.05, 3.63) is 22.7 Å². The van der Waals surface area contributed by atoms with Gasteiger partial charge < -0.3 is 5.73 Å². The molecule has 1 fully saturated rings. The lowest BCUT2D eigenvalue weighted by molar-refractivity contribution is 0.412. The van der Waals surface area contributed by atoms with E-state index in [2.05, 4.69) is 20.7 Å². The van der Waals surface area contributed by atoms with E-state index in [4.69, 9.17) is 5.73 Å². The van der Waals surface area contributed by atoms with Crippen LogP contribution >= 0.6 is 15.9 Å². The Balaban J connectivity index is 2.21.